The van der Waals surface area contributed by atoms with Crippen LogP contribution in [0.5, 0.6) is 0 Å². The minimum Gasteiger partial charge on any atom is -0.368 e. The van der Waals surface area contributed by atoms with Crippen molar-refractivity contribution in [3.8, 4) is 0 Å². The second-order valence-corrected chi connectivity index (χ2v) is 6.57. The minimum absolute atomic E-state index is 0.0362. The molecule has 23 heavy (non-hydrogen) atoms. The van der Waals surface area contributed by atoms with E-state index in [0.29, 0.717) is 23.7 Å². The molecular weight excluding hydrogens is 331 g/mol. The first kappa shape index (κ1) is 16.2. The number of hydrogen-bond donors (Lipinski definition) is 0. The van der Waals surface area contributed by atoms with Gasteiger partial charge in [-0.05, 0) is 42.8 Å². The molecule has 0 saturated carbocycles. The molecule has 3 nitrogen and oxygen atoms in total. The first-order valence-corrected chi connectivity index (χ1v) is 8.36. The summed E-state index contributed by atoms with van der Waals surface area (Å²) in [6.07, 6.45) is 0. The second-order valence-electron chi connectivity index (χ2n) is 5.72. The van der Waals surface area contributed by atoms with Crippen LogP contribution in [0, 0.1) is 6.92 Å². The molecular formula is C18H18Cl2N2O. The maximum atomic E-state index is 12.5. The molecule has 1 amide bonds. The van der Waals surface area contributed by atoms with E-state index in [-0.39, 0.29) is 5.91 Å². The topological polar surface area (TPSA) is 23.6 Å². The average molecular weight is 349 g/mol. The average Bonchev–Trinajstić information content (AvgIpc) is 2.57. The smallest absolute Gasteiger partial charge is 0.254 e. The van der Waals surface area contributed by atoms with Crippen LogP contribution in [0.3, 0.4) is 0 Å². The van der Waals surface area contributed by atoms with Gasteiger partial charge in [-0.3, -0.25) is 4.79 Å². The minimum atomic E-state index is 0.0362. The van der Waals surface area contributed by atoms with Crippen LogP contribution in [0.1, 0.15) is 15.9 Å². The molecule has 0 unspecified atom stereocenters. The Morgan fingerprint density at radius 2 is 1.74 bits per heavy atom. The molecule has 0 N–H and O–H groups in total. The standard InChI is InChI=1S/C18H18Cl2N2O/c1-13-5-6-16(12-17(13)20)21-7-9-22(10-8-21)18(23)14-3-2-4-15(19)11-14/h2-6,11-12H,7-10H2,1H3. The van der Waals surface area contributed by atoms with Crippen molar-refractivity contribution >= 4 is 34.8 Å². The second kappa shape index (κ2) is 6.81. The fraction of sp³-hybridized carbons (Fsp3) is 0.278. The SMILES string of the molecule is Cc1ccc(N2CCN(C(=O)c3cccc(Cl)c3)CC2)cc1Cl. The van der Waals surface area contributed by atoms with Crippen LogP contribution in [-0.2, 0) is 0 Å². The van der Waals surface area contributed by atoms with Crippen molar-refractivity contribution in [3.63, 3.8) is 0 Å². The summed E-state index contributed by atoms with van der Waals surface area (Å²) in [4.78, 5) is 16.7. The van der Waals surface area contributed by atoms with E-state index in [4.69, 9.17) is 23.2 Å². The zero-order valence-electron chi connectivity index (χ0n) is 12.9. The van der Waals surface area contributed by atoms with Crippen molar-refractivity contribution in [2.75, 3.05) is 31.1 Å². The Kier molecular flexibility index (Phi) is 4.79. The van der Waals surface area contributed by atoms with Crippen LogP contribution in [0.25, 0.3) is 0 Å². The van der Waals surface area contributed by atoms with Gasteiger partial charge in [0.05, 0.1) is 0 Å². The van der Waals surface area contributed by atoms with Gasteiger partial charge in [-0.25, -0.2) is 0 Å². The van der Waals surface area contributed by atoms with Crippen molar-refractivity contribution in [2.45, 2.75) is 6.92 Å². The first-order chi connectivity index (χ1) is 11.0. The number of hydrogen-bond acceptors (Lipinski definition) is 2. The number of halogens is 2. The number of rotatable bonds is 2. The molecule has 1 saturated heterocycles. The van der Waals surface area contributed by atoms with E-state index in [2.05, 4.69) is 11.0 Å². The van der Waals surface area contributed by atoms with E-state index in [1.54, 1.807) is 24.3 Å². The third-order valence-electron chi connectivity index (χ3n) is 4.16. The highest BCUT2D eigenvalue weighted by molar-refractivity contribution is 6.31. The van der Waals surface area contributed by atoms with Gasteiger partial charge in [0, 0.05) is 47.5 Å². The maximum Gasteiger partial charge on any atom is 0.254 e. The molecule has 0 spiro atoms. The fourth-order valence-corrected chi connectivity index (χ4v) is 3.12. The molecule has 0 aromatic heterocycles. The molecule has 120 valence electrons. The molecule has 0 aliphatic carbocycles. The van der Waals surface area contributed by atoms with Crippen LogP contribution in [0.2, 0.25) is 10.0 Å². The van der Waals surface area contributed by atoms with Gasteiger partial charge in [0.1, 0.15) is 0 Å². The number of benzene rings is 2. The lowest BCUT2D eigenvalue weighted by molar-refractivity contribution is 0.0747. The predicted octanol–water partition coefficient (Wildman–Crippen LogP) is 4.26. The molecule has 3 rings (SSSR count). The van der Waals surface area contributed by atoms with Crippen LogP contribution in [-0.4, -0.2) is 37.0 Å². The molecule has 1 fully saturated rings. The summed E-state index contributed by atoms with van der Waals surface area (Å²) in [7, 11) is 0. The van der Waals surface area contributed by atoms with Crippen molar-refractivity contribution in [2.24, 2.45) is 0 Å². The molecule has 2 aromatic rings. The van der Waals surface area contributed by atoms with Crippen molar-refractivity contribution < 1.29 is 4.79 Å². The van der Waals surface area contributed by atoms with Gasteiger partial charge in [0.15, 0.2) is 0 Å². The normalized spacial score (nSPS) is 14.9. The predicted molar refractivity (Wildman–Crippen MR) is 95.8 cm³/mol. The van der Waals surface area contributed by atoms with E-state index in [1.807, 2.05) is 24.0 Å². The zero-order chi connectivity index (χ0) is 16.4. The molecule has 1 heterocycles. The number of anilines is 1. The Labute approximate surface area is 146 Å². The Balaban J connectivity index is 1.66. The summed E-state index contributed by atoms with van der Waals surface area (Å²) >= 11 is 12.2. The summed E-state index contributed by atoms with van der Waals surface area (Å²) in [5.74, 6) is 0.0362. The number of aryl methyl sites for hydroxylation is 1. The maximum absolute atomic E-state index is 12.5. The first-order valence-electron chi connectivity index (χ1n) is 7.60. The Morgan fingerprint density at radius 1 is 1.00 bits per heavy atom. The summed E-state index contributed by atoms with van der Waals surface area (Å²) in [5, 5.41) is 1.36. The van der Waals surface area contributed by atoms with Gasteiger partial charge >= 0.3 is 0 Å². The highest BCUT2D eigenvalue weighted by Gasteiger charge is 2.22. The van der Waals surface area contributed by atoms with Gasteiger partial charge in [0.25, 0.3) is 5.91 Å². The van der Waals surface area contributed by atoms with E-state index in [1.165, 1.54) is 0 Å². The van der Waals surface area contributed by atoms with E-state index >= 15 is 0 Å². The number of carbonyl (C=O) groups is 1. The highest BCUT2D eigenvalue weighted by atomic mass is 35.5. The number of piperazine rings is 1. The monoisotopic (exact) mass is 348 g/mol. The van der Waals surface area contributed by atoms with Crippen molar-refractivity contribution in [1.82, 2.24) is 4.90 Å². The third kappa shape index (κ3) is 3.62. The van der Waals surface area contributed by atoms with Crippen LogP contribution < -0.4 is 4.90 Å². The largest absolute Gasteiger partial charge is 0.368 e. The molecule has 0 radical (unpaired) electrons. The quantitative estimate of drug-likeness (QED) is 0.809. The van der Waals surface area contributed by atoms with Gasteiger partial charge in [-0.15, -0.1) is 0 Å². The summed E-state index contributed by atoms with van der Waals surface area (Å²) in [5.41, 5.74) is 2.82. The Bertz CT molecular complexity index is 725. The van der Waals surface area contributed by atoms with Gasteiger partial charge in [-0.2, -0.15) is 0 Å². The molecule has 0 atom stereocenters. The molecule has 1 aliphatic rings. The summed E-state index contributed by atoms with van der Waals surface area (Å²) < 4.78 is 0. The lowest BCUT2D eigenvalue weighted by Crippen LogP contribution is -2.48. The summed E-state index contributed by atoms with van der Waals surface area (Å²) in [6.45, 7) is 4.97. The van der Waals surface area contributed by atoms with Crippen LogP contribution in [0.15, 0.2) is 42.5 Å². The zero-order valence-corrected chi connectivity index (χ0v) is 14.4. The third-order valence-corrected chi connectivity index (χ3v) is 4.80. The van der Waals surface area contributed by atoms with E-state index in [0.717, 1.165) is 29.4 Å². The van der Waals surface area contributed by atoms with Gasteiger partial charge < -0.3 is 9.80 Å². The van der Waals surface area contributed by atoms with E-state index in [9.17, 15) is 4.79 Å². The molecule has 1 aliphatic heterocycles. The van der Waals surface area contributed by atoms with E-state index < -0.39 is 0 Å². The number of amides is 1. The van der Waals surface area contributed by atoms with Crippen LogP contribution >= 0.6 is 23.2 Å². The van der Waals surface area contributed by atoms with Crippen LogP contribution in [0.4, 0.5) is 5.69 Å². The molecule has 5 heteroatoms. The lowest BCUT2D eigenvalue weighted by atomic mass is 10.1. The van der Waals surface area contributed by atoms with Crippen molar-refractivity contribution in [3.05, 3.63) is 63.6 Å². The van der Waals surface area contributed by atoms with Gasteiger partial charge in [-0.1, -0.05) is 35.3 Å². The molecule has 2 aromatic carbocycles. The Morgan fingerprint density at radius 3 is 2.39 bits per heavy atom. The number of nitrogens with zero attached hydrogens (tertiary/aromatic N) is 2. The Hall–Kier alpha value is -1.71. The number of carbonyl (C=O) groups excluding carboxylic acids is 1. The highest BCUT2D eigenvalue weighted by Crippen LogP contribution is 2.24. The fourth-order valence-electron chi connectivity index (χ4n) is 2.75. The lowest BCUT2D eigenvalue weighted by Gasteiger charge is -2.36. The summed E-state index contributed by atoms with van der Waals surface area (Å²) in [6, 6.07) is 13.2. The van der Waals surface area contributed by atoms with Gasteiger partial charge in [0.2, 0.25) is 0 Å². The molecule has 0 bridgehead atoms. The van der Waals surface area contributed by atoms with Crippen molar-refractivity contribution in [1.29, 1.82) is 0 Å².